The number of fused-ring (bicyclic) bond motifs is 1. The van der Waals surface area contributed by atoms with E-state index in [1.807, 2.05) is 0 Å². The van der Waals surface area contributed by atoms with Crippen molar-refractivity contribution in [1.82, 2.24) is 10.2 Å². The van der Waals surface area contributed by atoms with Crippen LogP contribution < -0.4 is 5.32 Å². The lowest BCUT2D eigenvalue weighted by Gasteiger charge is -2.45. The smallest absolute Gasteiger partial charge is 0.410 e. The molecular weight excluding hydrogens is 274 g/mol. The zero-order valence-corrected chi connectivity index (χ0v) is 11.6. The van der Waals surface area contributed by atoms with Crippen molar-refractivity contribution in [2.24, 2.45) is 0 Å². The second-order valence-corrected chi connectivity index (χ2v) is 6.03. The Morgan fingerprint density at radius 3 is 2.75 bits per heavy atom. The van der Waals surface area contributed by atoms with E-state index < -0.39 is 42.2 Å². The summed E-state index contributed by atoms with van der Waals surface area (Å²) >= 11 is 0. The predicted octanol–water partition coefficient (Wildman–Crippen LogP) is 0.756. The van der Waals surface area contributed by atoms with Gasteiger partial charge in [-0.2, -0.15) is 0 Å². The topological polar surface area (TPSA) is 67.9 Å². The molecular formula is C12H18F2N2O4. The van der Waals surface area contributed by atoms with Crippen LogP contribution in [-0.2, 0) is 14.3 Å². The molecule has 2 fully saturated rings. The zero-order chi connectivity index (χ0) is 15.1. The zero-order valence-electron chi connectivity index (χ0n) is 11.6. The third-order valence-corrected chi connectivity index (χ3v) is 2.99. The van der Waals surface area contributed by atoms with Gasteiger partial charge in [0.05, 0.1) is 12.6 Å². The summed E-state index contributed by atoms with van der Waals surface area (Å²) in [4.78, 5) is 24.0. The largest absolute Gasteiger partial charge is 0.444 e. The number of nitrogens with one attached hydrogen (secondary N) is 1. The fourth-order valence-electron chi connectivity index (χ4n) is 2.28. The Morgan fingerprint density at radius 2 is 2.15 bits per heavy atom. The Hall–Kier alpha value is -1.44. The first-order chi connectivity index (χ1) is 9.08. The SMILES string of the molecule is CC(C)(C)OC(=O)N1C[C@H]2NC(=O)CO[C@H]2C(F)(F)C1. The van der Waals surface area contributed by atoms with Crippen LogP contribution in [0.1, 0.15) is 20.8 Å². The summed E-state index contributed by atoms with van der Waals surface area (Å²) in [6.45, 7) is 3.74. The molecule has 0 unspecified atom stereocenters. The molecule has 2 aliphatic rings. The second kappa shape index (κ2) is 4.83. The molecule has 0 radical (unpaired) electrons. The minimum Gasteiger partial charge on any atom is -0.444 e. The standard InChI is InChI=1S/C12H18F2N2O4/c1-11(2,3)20-10(18)16-4-7-9(12(13,14)6-16)19-5-8(17)15-7/h7,9H,4-6H2,1-3H3,(H,15,17)/t7-,9-/m1/s1. The Morgan fingerprint density at radius 1 is 1.50 bits per heavy atom. The Labute approximate surface area is 115 Å². The van der Waals surface area contributed by atoms with Crippen LogP contribution in [-0.4, -0.2) is 60.3 Å². The van der Waals surface area contributed by atoms with Crippen molar-refractivity contribution in [3.8, 4) is 0 Å². The van der Waals surface area contributed by atoms with E-state index in [1.165, 1.54) is 0 Å². The molecule has 0 aromatic carbocycles. The molecule has 0 aromatic rings. The number of ether oxygens (including phenoxy) is 2. The van der Waals surface area contributed by atoms with Crippen molar-refractivity contribution in [2.75, 3.05) is 19.7 Å². The number of carbonyl (C=O) groups is 2. The van der Waals surface area contributed by atoms with Crippen molar-refractivity contribution in [3.63, 3.8) is 0 Å². The number of amides is 2. The molecule has 6 nitrogen and oxygen atoms in total. The maximum atomic E-state index is 14.0. The molecule has 2 saturated heterocycles. The molecule has 1 N–H and O–H groups in total. The van der Waals surface area contributed by atoms with Gasteiger partial charge < -0.3 is 14.8 Å². The third kappa shape index (κ3) is 3.17. The van der Waals surface area contributed by atoms with Crippen LogP contribution in [0.5, 0.6) is 0 Å². The molecule has 2 amide bonds. The monoisotopic (exact) mass is 292 g/mol. The van der Waals surface area contributed by atoms with Gasteiger partial charge in [0.2, 0.25) is 5.91 Å². The van der Waals surface area contributed by atoms with Crippen LogP contribution in [0.15, 0.2) is 0 Å². The molecule has 0 saturated carbocycles. The average molecular weight is 292 g/mol. The third-order valence-electron chi connectivity index (χ3n) is 2.99. The number of piperidine rings is 1. The maximum Gasteiger partial charge on any atom is 0.410 e. The molecule has 2 aliphatic heterocycles. The summed E-state index contributed by atoms with van der Waals surface area (Å²) in [5.41, 5.74) is -0.768. The fraction of sp³-hybridized carbons (Fsp3) is 0.833. The normalized spacial score (nSPS) is 29.4. The highest BCUT2D eigenvalue weighted by atomic mass is 19.3. The Kier molecular flexibility index (Phi) is 3.62. The van der Waals surface area contributed by atoms with Crippen LogP contribution in [0, 0.1) is 0 Å². The minimum absolute atomic E-state index is 0.0547. The van der Waals surface area contributed by atoms with E-state index in [9.17, 15) is 18.4 Å². The second-order valence-electron chi connectivity index (χ2n) is 6.03. The number of hydrogen-bond acceptors (Lipinski definition) is 4. The van der Waals surface area contributed by atoms with Gasteiger partial charge in [-0.3, -0.25) is 9.69 Å². The number of morpholine rings is 1. The lowest BCUT2D eigenvalue weighted by atomic mass is 9.97. The van der Waals surface area contributed by atoms with E-state index in [1.54, 1.807) is 20.8 Å². The number of likely N-dealkylation sites (tertiary alicyclic amines) is 1. The van der Waals surface area contributed by atoms with Gasteiger partial charge in [-0.25, -0.2) is 13.6 Å². The summed E-state index contributed by atoms with van der Waals surface area (Å²) in [7, 11) is 0. The summed E-state index contributed by atoms with van der Waals surface area (Å²) in [6, 6.07) is -0.924. The lowest BCUT2D eigenvalue weighted by Crippen LogP contribution is -2.69. The molecule has 0 spiro atoms. The van der Waals surface area contributed by atoms with E-state index in [-0.39, 0.29) is 13.2 Å². The van der Waals surface area contributed by atoms with Crippen LogP contribution in [0.2, 0.25) is 0 Å². The summed E-state index contributed by atoms with van der Waals surface area (Å²) < 4.78 is 37.9. The first kappa shape index (κ1) is 15.0. The lowest BCUT2D eigenvalue weighted by molar-refractivity contribution is -0.197. The van der Waals surface area contributed by atoms with Gasteiger partial charge in [-0.05, 0) is 20.8 Å². The summed E-state index contributed by atoms with van der Waals surface area (Å²) in [5.74, 6) is -3.69. The van der Waals surface area contributed by atoms with Gasteiger partial charge in [0.15, 0.2) is 0 Å². The average Bonchev–Trinajstić information content (AvgIpc) is 2.24. The maximum absolute atomic E-state index is 14.0. The molecule has 0 aromatic heterocycles. The molecule has 2 atom stereocenters. The molecule has 8 heteroatoms. The number of carbonyl (C=O) groups excluding carboxylic acids is 2. The van der Waals surface area contributed by atoms with Gasteiger partial charge in [0, 0.05) is 6.54 Å². The quantitative estimate of drug-likeness (QED) is 0.715. The van der Waals surface area contributed by atoms with E-state index in [2.05, 4.69) is 5.32 Å². The van der Waals surface area contributed by atoms with Crippen molar-refractivity contribution in [2.45, 2.75) is 44.4 Å². The van der Waals surface area contributed by atoms with Gasteiger partial charge in [0.1, 0.15) is 18.3 Å². The highest BCUT2D eigenvalue weighted by molar-refractivity contribution is 5.78. The predicted molar refractivity (Wildman–Crippen MR) is 64.4 cm³/mol. The molecule has 2 heterocycles. The van der Waals surface area contributed by atoms with E-state index in [4.69, 9.17) is 9.47 Å². The van der Waals surface area contributed by atoms with Crippen molar-refractivity contribution in [3.05, 3.63) is 0 Å². The number of hydrogen-bond donors (Lipinski definition) is 1. The Bertz CT molecular complexity index is 422. The highest BCUT2D eigenvalue weighted by Gasteiger charge is 2.54. The van der Waals surface area contributed by atoms with Crippen LogP contribution >= 0.6 is 0 Å². The van der Waals surface area contributed by atoms with Crippen molar-refractivity contribution < 1.29 is 27.8 Å². The van der Waals surface area contributed by atoms with Crippen LogP contribution in [0.3, 0.4) is 0 Å². The van der Waals surface area contributed by atoms with Crippen molar-refractivity contribution in [1.29, 1.82) is 0 Å². The first-order valence-electron chi connectivity index (χ1n) is 6.35. The van der Waals surface area contributed by atoms with Crippen LogP contribution in [0.25, 0.3) is 0 Å². The number of alkyl halides is 2. The fourth-order valence-corrected chi connectivity index (χ4v) is 2.28. The van der Waals surface area contributed by atoms with Crippen molar-refractivity contribution >= 4 is 12.0 Å². The van der Waals surface area contributed by atoms with E-state index in [0.717, 1.165) is 4.90 Å². The summed E-state index contributed by atoms with van der Waals surface area (Å²) in [5, 5.41) is 2.43. The molecule has 2 rings (SSSR count). The molecule has 20 heavy (non-hydrogen) atoms. The molecule has 0 aliphatic carbocycles. The minimum atomic E-state index is -3.23. The number of nitrogens with zero attached hydrogens (tertiary/aromatic N) is 1. The molecule has 114 valence electrons. The summed E-state index contributed by atoms with van der Waals surface area (Å²) in [6.07, 6.45) is -2.23. The van der Waals surface area contributed by atoms with Crippen LogP contribution in [0.4, 0.5) is 13.6 Å². The van der Waals surface area contributed by atoms with E-state index in [0.29, 0.717) is 0 Å². The highest BCUT2D eigenvalue weighted by Crippen LogP contribution is 2.32. The number of rotatable bonds is 0. The number of halogens is 2. The van der Waals surface area contributed by atoms with Gasteiger partial charge in [-0.15, -0.1) is 0 Å². The molecule has 0 bridgehead atoms. The first-order valence-corrected chi connectivity index (χ1v) is 6.35. The van der Waals surface area contributed by atoms with Gasteiger partial charge in [0.25, 0.3) is 5.92 Å². The van der Waals surface area contributed by atoms with E-state index >= 15 is 0 Å². The van der Waals surface area contributed by atoms with Gasteiger partial charge in [-0.1, -0.05) is 0 Å². The van der Waals surface area contributed by atoms with Gasteiger partial charge >= 0.3 is 6.09 Å². The Balaban J connectivity index is 2.10.